The van der Waals surface area contributed by atoms with Gasteiger partial charge in [-0.1, -0.05) is 25.1 Å². The molecule has 21 heavy (non-hydrogen) atoms. The van der Waals surface area contributed by atoms with Gasteiger partial charge in [-0.05, 0) is 36.6 Å². The largest absolute Gasteiger partial charge is 0.280 e. The molecule has 0 spiro atoms. The molecule has 1 aromatic carbocycles. The molecular weight excluding hydrogens is 282 g/mol. The van der Waals surface area contributed by atoms with E-state index in [0.29, 0.717) is 5.88 Å². The number of aromatic nitrogens is 3. The summed E-state index contributed by atoms with van der Waals surface area (Å²) in [5, 5.41) is 0. The number of alkyl halides is 1. The summed E-state index contributed by atoms with van der Waals surface area (Å²) in [7, 11) is 0. The van der Waals surface area contributed by atoms with Gasteiger partial charge >= 0.3 is 0 Å². The van der Waals surface area contributed by atoms with Crippen LogP contribution in [0.5, 0.6) is 0 Å². The predicted molar refractivity (Wildman–Crippen MR) is 87.4 cm³/mol. The number of halogens is 1. The van der Waals surface area contributed by atoms with Crippen molar-refractivity contribution in [2.75, 3.05) is 5.88 Å². The van der Waals surface area contributed by atoms with Gasteiger partial charge in [0.15, 0.2) is 5.65 Å². The van der Waals surface area contributed by atoms with E-state index in [1.54, 1.807) is 0 Å². The number of hydrogen-bond acceptors (Lipinski definition) is 2. The molecule has 3 nitrogen and oxygen atoms in total. The van der Waals surface area contributed by atoms with Gasteiger partial charge in [0.25, 0.3) is 0 Å². The van der Waals surface area contributed by atoms with E-state index in [1.165, 1.54) is 5.56 Å². The van der Waals surface area contributed by atoms with Crippen LogP contribution in [0, 0.1) is 6.92 Å². The average Bonchev–Trinajstić information content (AvgIpc) is 2.84. The third-order valence-electron chi connectivity index (χ3n) is 3.63. The molecule has 3 aromatic rings. The molecule has 108 valence electrons. The zero-order chi connectivity index (χ0) is 14.8. The lowest BCUT2D eigenvalue weighted by Crippen LogP contribution is -2.05. The maximum atomic E-state index is 5.95. The molecule has 4 heteroatoms. The molecule has 0 N–H and O–H groups in total. The van der Waals surface area contributed by atoms with Crippen molar-refractivity contribution in [2.45, 2.75) is 26.7 Å². The summed E-state index contributed by atoms with van der Waals surface area (Å²) in [4.78, 5) is 9.32. The van der Waals surface area contributed by atoms with E-state index in [1.807, 2.05) is 13.1 Å². The van der Waals surface area contributed by atoms with Crippen LogP contribution in [0.1, 0.15) is 23.9 Å². The number of pyridine rings is 1. The van der Waals surface area contributed by atoms with E-state index >= 15 is 0 Å². The Morgan fingerprint density at radius 1 is 1.24 bits per heavy atom. The first-order valence-electron chi connectivity index (χ1n) is 7.22. The van der Waals surface area contributed by atoms with E-state index in [-0.39, 0.29) is 0 Å². The van der Waals surface area contributed by atoms with Gasteiger partial charge in [0, 0.05) is 18.5 Å². The fraction of sp³-hybridized carbons (Fsp3) is 0.294. The van der Waals surface area contributed by atoms with Crippen LogP contribution in [0.2, 0.25) is 0 Å². The number of nitrogens with zero attached hydrogens (tertiary/aromatic N) is 3. The van der Waals surface area contributed by atoms with Crippen molar-refractivity contribution in [3.8, 4) is 5.69 Å². The minimum atomic E-state index is 0.552. The SMILES string of the molecule is CCc1ccccc1-n1c(CCCl)nc2cc(C)cnc21. The molecule has 0 bridgehead atoms. The molecule has 0 aliphatic rings. The molecule has 2 aromatic heterocycles. The van der Waals surface area contributed by atoms with Crippen molar-refractivity contribution >= 4 is 22.8 Å². The van der Waals surface area contributed by atoms with Gasteiger partial charge in [0.1, 0.15) is 11.3 Å². The molecule has 0 atom stereocenters. The second-order valence-corrected chi connectivity index (χ2v) is 5.52. The molecule has 0 fully saturated rings. The highest BCUT2D eigenvalue weighted by molar-refractivity contribution is 6.17. The fourth-order valence-electron chi connectivity index (χ4n) is 2.65. The Kier molecular flexibility index (Phi) is 3.93. The zero-order valence-electron chi connectivity index (χ0n) is 12.3. The van der Waals surface area contributed by atoms with Gasteiger partial charge in [-0.3, -0.25) is 4.57 Å². The molecular formula is C17H18ClN3. The molecule has 0 radical (unpaired) electrons. The van der Waals surface area contributed by atoms with Gasteiger partial charge in [-0.2, -0.15) is 0 Å². The molecule has 0 aliphatic heterocycles. The Morgan fingerprint density at radius 3 is 2.81 bits per heavy atom. The lowest BCUT2D eigenvalue weighted by Gasteiger charge is -2.12. The van der Waals surface area contributed by atoms with Crippen LogP contribution in [-0.4, -0.2) is 20.4 Å². The summed E-state index contributed by atoms with van der Waals surface area (Å²) in [6.07, 6.45) is 3.59. The standard InChI is InChI=1S/C17H18ClN3/c1-3-13-6-4-5-7-15(13)21-16(8-9-18)20-14-10-12(2)11-19-17(14)21/h4-7,10-11H,3,8-9H2,1-2H3. The molecule has 0 unspecified atom stereocenters. The Balaban J connectivity index is 2.31. The van der Waals surface area contributed by atoms with Crippen LogP contribution in [0.3, 0.4) is 0 Å². The summed E-state index contributed by atoms with van der Waals surface area (Å²) in [6.45, 7) is 4.20. The number of hydrogen-bond donors (Lipinski definition) is 0. The lowest BCUT2D eigenvalue weighted by molar-refractivity contribution is 0.892. The fourth-order valence-corrected chi connectivity index (χ4v) is 2.81. The number of rotatable bonds is 4. The number of para-hydroxylation sites is 1. The number of benzene rings is 1. The number of aryl methyl sites for hydroxylation is 3. The van der Waals surface area contributed by atoms with Gasteiger partial charge in [-0.15, -0.1) is 11.6 Å². The quantitative estimate of drug-likeness (QED) is 0.680. The van der Waals surface area contributed by atoms with Crippen molar-refractivity contribution in [3.05, 3.63) is 53.5 Å². The first-order valence-corrected chi connectivity index (χ1v) is 7.76. The maximum absolute atomic E-state index is 5.95. The summed E-state index contributed by atoms with van der Waals surface area (Å²) in [5.74, 6) is 1.52. The minimum absolute atomic E-state index is 0.552. The highest BCUT2D eigenvalue weighted by atomic mass is 35.5. The minimum Gasteiger partial charge on any atom is -0.280 e. The number of fused-ring (bicyclic) bond motifs is 1. The summed E-state index contributed by atoms with van der Waals surface area (Å²) in [6, 6.07) is 10.5. The number of imidazole rings is 1. The second kappa shape index (κ2) is 5.86. The van der Waals surface area contributed by atoms with Crippen LogP contribution in [0.15, 0.2) is 36.5 Å². The molecule has 0 saturated heterocycles. The van der Waals surface area contributed by atoms with E-state index in [2.05, 4.69) is 46.8 Å². The van der Waals surface area contributed by atoms with E-state index in [0.717, 1.165) is 41.1 Å². The van der Waals surface area contributed by atoms with Gasteiger partial charge < -0.3 is 0 Å². The van der Waals surface area contributed by atoms with Crippen LogP contribution in [-0.2, 0) is 12.8 Å². The predicted octanol–water partition coefficient (Wildman–Crippen LogP) is 4.07. The highest BCUT2D eigenvalue weighted by Gasteiger charge is 2.15. The Labute approximate surface area is 129 Å². The molecule has 3 rings (SSSR count). The Morgan fingerprint density at radius 2 is 2.05 bits per heavy atom. The molecule has 0 amide bonds. The van der Waals surface area contributed by atoms with E-state index in [9.17, 15) is 0 Å². The first-order chi connectivity index (χ1) is 10.2. The third kappa shape index (κ3) is 2.54. The Hall–Kier alpha value is -1.87. The van der Waals surface area contributed by atoms with Crippen molar-refractivity contribution in [3.63, 3.8) is 0 Å². The average molecular weight is 300 g/mol. The van der Waals surface area contributed by atoms with Gasteiger partial charge in [0.05, 0.1) is 5.69 Å². The Bertz CT molecular complexity index is 777. The van der Waals surface area contributed by atoms with Crippen LogP contribution < -0.4 is 0 Å². The highest BCUT2D eigenvalue weighted by Crippen LogP contribution is 2.24. The van der Waals surface area contributed by atoms with E-state index in [4.69, 9.17) is 16.6 Å². The van der Waals surface area contributed by atoms with Crippen molar-refractivity contribution in [1.82, 2.24) is 14.5 Å². The zero-order valence-corrected chi connectivity index (χ0v) is 13.1. The normalized spacial score (nSPS) is 11.2. The summed E-state index contributed by atoms with van der Waals surface area (Å²) >= 11 is 5.95. The van der Waals surface area contributed by atoms with Gasteiger partial charge in [0.2, 0.25) is 0 Å². The monoisotopic (exact) mass is 299 g/mol. The van der Waals surface area contributed by atoms with Crippen LogP contribution in [0.4, 0.5) is 0 Å². The van der Waals surface area contributed by atoms with Crippen LogP contribution >= 0.6 is 11.6 Å². The van der Waals surface area contributed by atoms with Crippen LogP contribution in [0.25, 0.3) is 16.9 Å². The lowest BCUT2D eigenvalue weighted by atomic mass is 10.1. The third-order valence-corrected chi connectivity index (χ3v) is 3.82. The topological polar surface area (TPSA) is 30.7 Å². The summed E-state index contributed by atoms with van der Waals surface area (Å²) in [5.41, 5.74) is 5.39. The van der Waals surface area contributed by atoms with Crippen molar-refractivity contribution in [2.24, 2.45) is 0 Å². The molecule has 0 saturated carbocycles. The molecule has 2 heterocycles. The maximum Gasteiger partial charge on any atom is 0.164 e. The van der Waals surface area contributed by atoms with Gasteiger partial charge in [-0.25, -0.2) is 9.97 Å². The molecule has 0 aliphatic carbocycles. The smallest absolute Gasteiger partial charge is 0.164 e. The van der Waals surface area contributed by atoms with Crippen molar-refractivity contribution in [1.29, 1.82) is 0 Å². The summed E-state index contributed by atoms with van der Waals surface area (Å²) < 4.78 is 2.15. The van der Waals surface area contributed by atoms with E-state index < -0.39 is 0 Å². The first kappa shape index (κ1) is 14.1. The second-order valence-electron chi connectivity index (χ2n) is 5.14. The van der Waals surface area contributed by atoms with Crippen molar-refractivity contribution < 1.29 is 0 Å².